The van der Waals surface area contributed by atoms with Gasteiger partial charge in [-0.15, -0.1) is 0 Å². The van der Waals surface area contributed by atoms with E-state index in [1.807, 2.05) is 50.2 Å². The zero-order valence-corrected chi connectivity index (χ0v) is 19.8. The van der Waals surface area contributed by atoms with Crippen molar-refractivity contribution >= 4 is 12.1 Å². The fraction of sp³-hybridized carbons (Fsp3) is 0.462. The average molecular weight is 472 g/mol. The van der Waals surface area contributed by atoms with Crippen LogP contribution >= 0.6 is 0 Å². The normalized spacial score (nSPS) is 17.2. The molecule has 34 heavy (non-hydrogen) atoms. The molecular formula is C26H33NO7. The van der Waals surface area contributed by atoms with Gasteiger partial charge in [-0.3, -0.25) is 0 Å². The van der Waals surface area contributed by atoms with E-state index in [0.717, 1.165) is 35.3 Å². The molecule has 1 unspecified atom stereocenters. The zero-order chi connectivity index (χ0) is 24.4. The fourth-order valence-electron chi connectivity index (χ4n) is 3.86. The number of nitrogens with one attached hydrogen (secondary N) is 1. The Morgan fingerprint density at radius 1 is 1.09 bits per heavy atom. The van der Waals surface area contributed by atoms with Crippen molar-refractivity contribution in [1.82, 2.24) is 5.32 Å². The molecule has 0 spiro atoms. The minimum atomic E-state index is -1.20. The molecule has 3 rings (SSSR count). The molecule has 0 aromatic heterocycles. The Kier molecular flexibility index (Phi) is 9.16. The highest BCUT2D eigenvalue weighted by Crippen LogP contribution is 2.31. The summed E-state index contributed by atoms with van der Waals surface area (Å²) < 4.78 is 22.2. The number of rotatable bonds is 12. The van der Waals surface area contributed by atoms with Gasteiger partial charge in [0, 0.05) is 25.1 Å². The molecule has 0 bridgehead atoms. The van der Waals surface area contributed by atoms with Gasteiger partial charge in [-0.25, -0.2) is 9.59 Å². The van der Waals surface area contributed by atoms with Gasteiger partial charge in [-0.2, -0.15) is 0 Å². The first-order valence-electron chi connectivity index (χ1n) is 11.7. The smallest absolute Gasteiger partial charge is 0.407 e. The number of hydrogen-bond donors (Lipinski definition) is 2. The summed E-state index contributed by atoms with van der Waals surface area (Å²) in [6.07, 6.45) is 1.83. The Morgan fingerprint density at radius 3 is 2.50 bits per heavy atom. The van der Waals surface area contributed by atoms with Gasteiger partial charge in [0.1, 0.15) is 18.1 Å². The molecule has 1 heterocycles. The van der Waals surface area contributed by atoms with Crippen molar-refractivity contribution in [2.24, 2.45) is 0 Å². The van der Waals surface area contributed by atoms with Crippen LogP contribution in [0.15, 0.2) is 42.5 Å². The average Bonchev–Trinajstić information content (AvgIpc) is 3.32. The Balaban J connectivity index is 1.58. The number of carbonyl (C=O) groups excluding carboxylic acids is 1. The third-order valence-corrected chi connectivity index (χ3v) is 5.60. The molecule has 0 aliphatic carbocycles. The third-order valence-electron chi connectivity index (χ3n) is 5.60. The summed E-state index contributed by atoms with van der Waals surface area (Å²) in [5.74, 6) is 0.462. The second kappa shape index (κ2) is 12.3. The minimum absolute atomic E-state index is 0.136. The summed E-state index contributed by atoms with van der Waals surface area (Å²) in [5, 5.41) is 12.4. The number of benzene rings is 2. The van der Waals surface area contributed by atoms with Gasteiger partial charge in [-0.1, -0.05) is 31.2 Å². The fourth-order valence-corrected chi connectivity index (χ4v) is 3.86. The van der Waals surface area contributed by atoms with Crippen LogP contribution in [0.5, 0.6) is 11.5 Å². The van der Waals surface area contributed by atoms with Crippen molar-refractivity contribution in [2.75, 3.05) is 19.8 Å². The topological polar surface area (TPSA) is 103 Å². The Labute approximate surface area is 200 Å². The van der Waals surface area contributed by atoms with E-state index >= 15 is 0 Å². The third kappa shape index (κ3) is 6.87. The summed E-state index contributed by atoms with van der Waals surface area (Å²) in [6, 6.07) is 12.9. The summed E-state index contributed by atoms with van der Waals surface area (Å²) in [7, 11) is 0. The van der Waals surface area contributed by atoms with Crippen molar-refractivity contribution in [3.63, 3.8) is 0 Å². The van der Waals surface area contributed by atoms with E-state index in [2.05, 4.69) is 5.32 Å². The highest BCUT2D eigenvalue weighted by atomic mass is 16.5. The van der Waals surface area contributed by atoms with E-state index in [0.29, 0.717) is 32.0 Å². The van der Waals surface area contributed by atoms with Crippen LogP contribution < -0.4 is 14.8 Å². The number of carbonyl (C=O) groups is 2. The van der Waals surface area contributed by atoms with E-state index in [-0.39, 0.29) is 19.6 Å². The van der Waals surface area contributed by atoms with Crippen molar-refractivity contribution in [1.29, 1.82) is 0 Å². The van der Waals surface area contributed by atoms with Crippen LogP contribution in [0.1, 0.15) is 49.8 Å². The lowest BCUT2D eigenvalue weighted by molar-refractivity contribution is -0.159. The van der Waals surface area contributed by atoms with Crippen molar-refractivity contribution in [3.05, 3.63) is 59.2 Å². The van der Waals surface area contributed by atoms with Crippen molar-refractivity contribution in [2.45, 2.75) is 58.3 Å². The summed E-state index contributed by atoms with van der Waals surface area (Å²) in [5.41, 5.74) is 1.20. The van der Waals surface area contributed by atoms with E-state index in [9.17, 15) is 14.7 Å². The zero-order valence-electron chi connectivity index (χ0n) is 19.8. The Morgan fingerprint density at radius 2 is 1.85 bits per heavy atom. The first-order valence-corrected chi connectivity index (χ1v) is 11.7. The number of carboxylic acids is 1. The Hall–Kier alpha value is -3.26. The summed E-state index contributed by atoms with van der Waals surface area (Å²) in [6.45, 7) is 5.82. The second-order valence-electron chi connectivity index (χ2n) is 8.23. The van der Waals surface area contributed by atoms with Crippen LogP contribution in [0.25, 0.3) is 0 Å². The van der Waals surface area contributed by atoms with Gasteiger partial charge in [0.25, 0.3) is 0 Å². The molecule has 1 atom stereocenters. The molecule has 184 valence electrons. The summed E-state index contributed by atoms with van der Waals surface area (Å²) in [4.78, 5) is 24.1. The minimum Gasteiger partial charge on any atom is -0.494 e. The van der Waals surface area contributed by atoms with Crippen molar-refractivity contribution in [3.8, 4) is 11.5 Å². The lowest BCUT2D eigenvalue weighted by atomic mass is 9.91. The highest BCUT2D eigenvalue weighted by molar-refractivity contribution is 5.78. The first-order chi connectivity index (χ1) is 16.5. The maximum atomic E-state index is 12.3. The maximum absolute atomic E-state index is 12.3. The summed E-state index contributed by atoms with van der Waals surface area (Å²) >= 11 is 0. The van der Waals surface area contributed by atoms with Crippen molar-refractivity contribution < 1.29 is 33.6 Å². The molecule has 2 aromatic rings. The van der Waals surface area contributed by atoms with E-state index < -0.39 is 17.7 Å². The van der Waals surface area contributed by atoms with E-state index in [1.165, 1.54) is 0 Å². The number of alkyl carbamates (subject to hydrolysis) is 1. The van der Waals surface area contributed by atoms with Crippen LogP contribution in [0, 0.1) is 0 Å². The Bertz CT molecular complexity index is 952. The van der Waals surface area contributed by atoms with E-state index in [1.54, 1.807) is 6.07 Å². The van der Waals surface area contributed by atoms with Crippen LogP contribution in [0.4, 0.5) is 4.79 Å². The lowest BCUT2D eigenvalue weighted by Crippen LogP contribution is -2.40. The SMILES string of the molecule is CCCOc1ccc(COC(=O)NCc2cc(CC3(C(=O)O)CCCO3)ccc2OCC)cc1. The highest BCUT2D eigenvalue weighted by Gasteiger charge is 2.43. The second-order valence-corrected chi connectivity index (χ2v) is 8.23. The molecule has 1 amide bonds. The predicted molar refractivity (Wildman–Crippen MR) is 126 cm³/mol. The van der Waals surface area contributed by atoms with Gasteiger partial charge >= 0.3 is 12.1 Å². The number of hydrogen-bond acceptors (Lipinski definition) is 6. The van der Waals surface area contributed by atoms with E-state index in [4.69, 9.17) is 18.9 Å². The number of aliphatic carboxylic acids is 1. The number of carboxylic acid groups (broad SMARTS) is 1. The van der Waals surface area contributed by atoms with Gasteiger partial charge in [0.05, 0.1) is 13.2 Å². The van der Waals surface area contributed by atoms with Gasteiger partial charge in [0.15, 0.2) is 5.60 Å². The molecule has 2 aromatic carbocycles. The molecule has 0 saturated carbocycles. The van der Waals surface area contributed by atoms with Gasteiger partial charge < -0.3 is 29.4 Å². The standard InChI is InChI=1S/C26H33NO7/c1-3-13-32-22-9-6-19(7-10-22)18-33-25(30)27-17-21-15-20(8-11-23(21)31-4-2)16-26(24(28)29)12-5-14-34-26/h6-11,15H,3-5,12-14,16-18H2,1-2H3,(H,27,30)(H,28,29). The quantitative estimate of drug-likeness (QED) is 0.470. The van der Waals surface area contributed by atoms with Crippen LogP contribution in [-0.4, -0.2) is 42.6 Å². The van der Waals surface area contributed by atoms with Crippen LogP contribution in [0.3, 0.4) is 0 Å². The molecular weight excluding hydrogens is 438 g/mol. The molecule has 1 aliphatic heterocycles. The molecule has 1 saturated heterocycles. The van der Waals surface area contributed by atoms with Crippen LogP contribution in [-0.2, 0) is 33.8 Å². The molecule has 0 radical (unpaired) electrons. The molecule has 1 aliphatic rings. The molecule has 1 fully saturated rings. The van der Waals surface area contributed by atoms with Gasteiger partial charge in [0.2, 0.25) is 0 Å². The number of ether oxygens (including phenoxy) is 4. The predicted octanol–water partition coefficient (Wildman–Crippen LogP) is 4.48. The lowest BCUT2D eigenvalue weighted by Gasteiger charge is -2.24. The molecule has 8 heteroatoms. The molecule has 8 nitrogen and oxygen atoms in total. The molecule has 2 N–H and O–H groups in total. The first kappa shape index (κ1) is 25.4. The van der Waals surface area contributed by atoms with Crippen LogP contribution in [0.2, 0.25) is 0 Å². The maximum Gasteiger partial charge on any atom is 0.407 e. The van der Waals surface area contributed by atoms with Gasteiger partial charge in [-0.05, 0) is 55.5 Å². The monoisotopic (exact) mass is 471 g/mol. The largest absolute Gasteiger partial charge is 0.494 e. The number of amides is 1.